The lowest BCUT2D eigenvalue weighted by Crippen LogP contribution is -2.48. The Morgan fingerprint density at radius 1 is 0.583 bits per heavy atom. The first kappa shape index (κ1) is 11.2. The molecule has 6 atom stereocenters. The topological polar surface area (TPSA) is 0 Å². The molecule has 0 aromatic heterocycles. The van der Waals surface area contributed by atoms with Crippen LogP contribution < -0.4 is 0 Å². The Kier molecular flexibility index (Phi) is 3.86. The van der Waals surface area contributed by atoms with Crippen molar-refractivity contribution in [1.29, 1.82) is 0 Å². The summed E-state index contributed by atoms with van der Waals surface area (Å²) >= 11 is 24.2. The average Bonchev–Trinajstić information content (AvgIpc) is 2.08. The van der Waals surface area contributed by atoms with Crippen molar-refractivity contribution >= 4 is 46.4 Å². The molecule has 1 aliphatic carbocycles. The van der Waals surface area contributed by atoms with Gasteiger partial charge in [0, 0.05) is 0 Å². The molecule has 0 bridgehead atoms. The zero-order valence-electron chi connectivity index (χ0n) is 6.98. The summed E-state index contributed by atoms with van der Waals surface area (Å²) in [6, 6.07) is 0. The molecule has 0 saturated heterocycles. The van der Waals surface area contributed by atoms with E-state index < -0.39 is 0 Å². The summed E-state index contributed by atoms with van der Waals surface area (Å²) in [7, 11) is 0. The van der Waals surface area contributed by atoms with Crippen molar-refractivity contribution in [3.63, 3.8) is 0 Å². The van der Waals surface area contributed by atoms with E-state index in [2.05, 4.69) is 13.8 Å². The third kappa shape index (κ3) is 1.82. The van der Waals surface area contributed by atoms with Gasteiger partial charge in [-0.2, -0.15) is 0 Å². The summed E-state index contributed by atoms with van der Waals surface area (Å²) < 4.78 is 0. The summed E-state index contributed by atoms with van der Waals surface area (Å²) in [6.45, 7) is 4.13. The lowest BCUT2D eigenvalue weighted by molar-refractivity contribution is 0.296. The smallest absolute Gasteiger partial charge is 0.0680 e. The van der Waals surface area contributed by atoms with E-state index in [0.717, 1.165) is 0 Å². The maximum Gasteiger partial charge on any atom is 0.0680 e. The molecule has 0 nitrogen and oxygen atoms in total. The monoisotopic (exact) mass is 248 g/mol. The second kappa shape index (κ2) is 4.13. The average molecular weight is 250 g/mol. The van der Waals surface area contributed by atoms with Gasteiger partial charge in [0.25, 0.3) is 0 Å². The summed E-state index contributed by atoms with van der Waals surface area (Å²) in [5.74, 6) is 0.651. The molecular weight excluding hydrogens is 238 g/mol. The van der Waals surface area contributed by atoms with Gasteiger partial charge in [0.1, 0.15) is 0 Å². The first-order valence-corrected chi connectivity index (χ1v) is 5.77. The molecule has 0 aromatic rings. The maximum absolute atomic E-state index is 6.10. The van der Waals surface area contributed by atoms with Gasteiger partial charge in [-0.05, 0) is 11.8 Å². The molecule has 1 fully saturated rings. The molecule has 0 N–H and O–H groups in total. The van der Waals surface area contributed by atoms with Gasteiger partial charge in [-0.1, -0.05) is 13.8 Å². The van der Waals surface area contributed by atoms with Gasteiger partial charge in [-0.3, -0.25) is 0 Å². The van der Waals surface area contributed by atoms with Crippen molar-refractivity contribution in [2.45, 2.75) is 35.4 Å². The maximum atomic E-state index is 6.10. The van der Waals surface area contributed by atoms with Crippen LogP contribution in [0.2, 0.25) is 0 Å². The molecule has 0 aliphatic heterocycles. The van der Waals surface area contributed by atoms with Gasteiger partial charge < -0.3 is 0 Å². The quantitative estimate of drug-likeness (QED) is 0.575. The van der Waals surface area contributed by atoms with Crippen LogP contribution in [0.5, 0.6) is 0 Å². The van der Waals surface area contributed by atoms with Crippen molar-refractivity contribution in [3.8, 4) is 0 Å². The van der Waals surface area contributed by atoms with E-state index in [1.165, 1.54) is 0 Å². The van der Waals surface area contributed by atoms with Gasteiger partial charge in [-0.25, -0.2) is 0 Å². The predicted octanol–water partition coefficient (Wildman–Crippen LogP) is 3.70. The fourth-order valence-corrected chi connectivity index (χ4v) is 3.20. The predicted molar refractivity (Wildman–Crippen MR) is 56.9 cm³/mol. The Labute approximate surface area is 93.5 Å². The highest BCUT2D eigenvalue weighted by atomic mass is 35.5. The number of halogens is 4. The van der Waals surface area contributed by atoms with E-state index in [4.69, 9.17) is 46.4 Å². The Balaban J connectivity index is 2.76. The molecule has 4 heteroatoms. The van der Waals surface area contributed by atoms with E-state index in [1.54, 1.807) is 0 Å². The number of hydrogen-bond acceptors (Lipinski definition) is 0. The van der Waals surface area contributed by atoms with E-state index in [-0.39, 0.29) is 21.5 Å². The molecule has 6 unspecified atom stereocenters. The highest BCUT2D eigenvalue weighted by Gasteiger charge is 2.44. The normalized spacial score (nSPS) is 55.5. The lowest BCUT2D eigenvalue weighted by Gasteiger charge is -2.40. The highest BCUT2D eigenvalue weighted by Crippen LogP contribution is 2.41. The minimum Gasteiger partial charge on any atom is -0.121 e. The third-order valence-electron chi connectivity index (χ3n) is 2.75. The second-order valence-corrected chi connectivity index (χ2v) is 5.51. The van der Waals surface area contributed by atoms with Crippen LogP contribution in [0.1, 0.15) is 13.8 Å². The summed E-state index contributed by atoms with van der Waals surface area (Å²) in [5.41, 5.74) is 0. The minimum atomic E-state index is -0.220. The van der Waals surface area contributed by atoms with E-state index in [9.17, 15) is 0 Å². The Hall–Kier alpha value is 1.16. The summed E-state index contributed by atoms with van der Waals surface area (Å²) in [6.07, 6.45) is 0. The molecule has 0 spiro atoms. The van der Waals surface area contributed by atoms with Crippen molar-refractivity contribution in [3.05, 3.63) is 0 Å². The van der Waals surface area contributed by atoms with E-state index in [1.807, 2.05) is 0 Å². The van der Waals surface area contributed by atoms with Crippen LogP contribution in [0.25, 0.3) is 0 Å². The van der Waals surface area contributed by atoms with Crippen LogP contribution in [-0.4, -0.2) is 21.5 Å². The van der Waals surface area contributed by atoms with Crippen molar-refractivity contribution in [2.24, 2.45) is 11.8 Å². The fraction of sp³-hybridized carbons (Fsp3) is 1.00. The summed E-state index contributed by atoms with van der Waals surface area (Å²) in [4.78, 5) is 0. The molecule has 12 heavy (non-hydrogen) atoms. The second-order valence-electron chi connectivity index (χ2n) is 3.50. The Morgan fingerprint density at radius 3 is 1.08 bits per heavy atom. The Bertz CT molecular complexity index is 103. The molecule has 0 amide bonds. The SMILES string of the molecule is CC1C(C)C(Cl)C(Cl)C(Cl)C1Cl. The number of rotatable bonds is 0. The van der Waals surface area contributed by atoms with Gasteiger partial charge in [0.15, 0.2) is 0 Å². The molecule has 1 aliphatic rings. The molecule has 0 heterocycles. The van der Waals surface area contributed by atoms with Gasteiger partial charge in [0.05, 0.1) is 21.5 Å². The molecule has 72 valence electrons. The van der Waals surface area contributed by atoms with Crippen molar-refractivity contribution in [2.75, 3.05) is 0 Å². The fourth-order valence-electron chi connectivity index (χ4n) is 1.51. The first-order chi connectivity index (χ1) is 5.46. The highest BCUT2D eigenvalue weighted by molar-refractivity contribution is 6.38. The molecule has 1 rings (SSSR count). The van der Waals surface area contributed by atoms with Gasteiger partial charge in [-0.15, -0.1) is 46.4 Å². The number of alkyl halides is 4. The summed E-state index contributed by atoms with van der Waals surface area (Å²) in [5, 5.41) is -0.581. The zero-order chi connectivity index (χ0) is 9.46. The first-order valence-electron chi connectivity index (χ1n) is 4.03. The van der Waals surface area contributed by atoms with E-state index in [0.29, 0.717) is 11.8 Å². The van der Waals surface area contributed by atoms with Crippen LogP contribution in [0.4, 0.5) is 0 Å². The van der Waals surface area contributed by atoms with Crippen molar-refractivity contribution in [1.82, 2.24) is 0 Å². The van der Waals surface area contributed by atoms with E-state index >= 15 is 0 Å². The third-order valence-corrected chi connectivity index (χ3v) is 5.56. The van der Waals surface area contributed by atoms with Crippen LogP contribution in [0.3, 0.4) is 0 Å². The lowest BCUT2D eigenvalue weighted by atomic mass is 9.80. The molecule has 1 saturated carbocycles. The van der Waals surface area contributed by atoms with Crippen LogP contribution in [0.15, 0.2) is 0 Å². The standard InChI is InChI=1S/C8H12Cl4/c1-3-4(2)6(10)8(12)7(11)5(3)9/h3-8H,1-2H3. The minimum absolute atomic E-state index is 0.0702. The van der Waals surface area contributed by atoms with Crippen LogP contribution >= 0.6 is 46.4 Å². The Morgan fingerprint density at radius 2 is 0.833 bits per heavy atom. The van der Waals surface area contributed by atoms with Crippen LogP contribution in [0, 0.1) is 11.8 Å². The molecule has 0 radical (unpaired) electrons. The zero-order valence-corrected chi connectivity index (χ0v) is 10.00. The van der Waals surface area contributed by atoms with Gasteiger partial charge >= 0.3 is 0 Å². The molecule has 0 aromatic carbocycles. The van der Waals surface area contributed by atoms with Crippen LogP contribution in [-0.2, 0) is 0 Å². The molecular formula is C8H12Cl4. The largest absolute Gasteiger partial charge is 0.121 e. The number of hydrogen-bond donors (Lipinski definition) is 0. The van der Waals surface area contributed by atoms with Crippen molar-refractivity contribution < 1.29 is 0 Å². The van der Waals surface area contributed by atoms with Gasteiger partial charge in [0.2, 0.25) is 0 Å².